The van der Waals surface area contributed by atoms with Crippen LogP contribution in [0.4, 0.5) is 34.1 Å². The molecule has 0 saturated heterocycles. The van der Waals surface area contributed by atoms with Gasteiger partial charge in [0.05, 0.1) is 0 Å². The first-order chi connectivity index (χ1) is 35.0. The number of anilines is 6. The van der Waals surface area contributed by atoms with Crippen LogP contribution < -0.4 is 9.80 Å². The number of para-hydroxylation sites is 2. The van der Waals surface area contributed by atoms with Crippen LogP contribution in [0.2, 0.25) is 0 Å². The first-order valence-electron chi connectivity index (χ1n) is 25.2. The highest BCUT2D eigenvalue weighted by molar-refractivity contribution is 6.10. The zero-order valence-electron chi connectivity index (χ0n) is 42.1. The number of nitrogens with zero attached hydrogens (tertiary/aromatic N) is 2. The van der Waals surface area contributed by atoms with E-state index in [1.165, 1.54) is 77.2 Å². The second kappa shape index (κ2) is 19.0. The molecular weight excluding hydrogens is 869 g/mol. The van der Waals surface area contributed by atoms with Gasteiger partial charge in [-0.25, -0.2) is 0 Å². The third kappa shape index (κ3) is 9.09. The van der Waals surface area contributed by atoms with Gasteiger partial charge in [-0.15, -0.1) is 0 Å². The summed E-state index contributed by atoms with van der Waals surface area (Å²) in [4.78, 5) is 4.89. The Morgan fingerprint density at radius 1 is 0.208 bits per heavy atom. The fraction of sp³-hybridized carbons (Fsp3) is 0.114. The van der Waals surface area contributed by atoms with Crippen LogP contribution >= 0.6 is 0 Å². The molecule has 0 bridgehead atoms. The van der Waals surface area contributed by atoms with E-state index in [-0.39, 0.29) is 10.8 Å². The first-order valence-corrected chi connectivity index (χ1v) is 25.2. The Hall–Kier alpha value is -8.46. The lowest BCUT2D eigenvalue weighted by Gasteiger charge is -2.33. The minimum absolute atomic E-state index is 0.202. The highest BCUT2D eigenvalue weighted by Crippen LogP contribution is 2.49. The van der Waals surface area contributed by atoms with E-state index in [1.54, 1.807) is 0 Å². The van der Waals surface area contributed by atoms with Crippen molar-refractivity contribution in [2.24, 2.45) is 0 Å². The zero-order chi connectivity index (χ0) is 49.4. The van der Waals surface area contributed by atoms with Crippen molar-refractivity contribution in [3.05, 3.63) is 266 Å². The molecule has 0 radical (unpaired) electrons. The second-order valence-corrected chi connectivity index (χ2v) is 21.1. The maximum absolute atomic E-state index is 2.47. The Balaban J connectivity index is 1.15. The quantitative estimate of drug-likeness (QED) is 0.126. The molecule has 0 aliphatic heterocycles. The molecule has 0 heterocycles. The van der Waals surface area contributed by atoms with Gasteiger partial charge in [-0.05, 0) is 173 Å². The third-order valence-corrected chi connectivity index (χ3v) is 13.9. The molecule has 0 aromatic heterocycles. The summed E-state index contributed by atoms with van der Waals surface area (Å²) in [6.07, 6.45) is 0. The molecule has 350 valence electrons. The third-order valence-electron chi connectivity index (χ3n) is 13.9. The van der Waals surface area contributed by atoms with Gasteiger partial charge in [0.1, 0.15) is 0 Å². The van der Waals surface area contributed by atoms with Gasteiger partial charge in [-0.1, -0.05) is 211 Å². The Labute approximate surface area is 426 Å². The van der Waals surface area contributed by atoms with Crippen molar-refractivity contribution in [3.8, 4) is 44.5 Å². The minimum Gasteiger partial charge on any atom is -0.310 e. The van der Waals surface area contributed by atoms with Crippen LogP contribution in [0.15, 0.2) is 255 Å². The zero-order valence-corrected chi connectivity index (χ0v) is 42.1. The Morgan fingerprint density at radius 3 is 0.736 bits per heavy atom. The average molecular weight is 929 g/mol. The molecule has 0 aliphatic carbocycles. The highest BCUT2D eigenvalue weighted by Gasteiger charge is 2.30. The normalized spacial score (nSPS) is 11.8. The molecule has 0 N–H and O–H groups in total. The van der Waals surface area contributed by atoms with Crippen LogP contribution in [0.1, 0.15) is 52.7 Å². The van der Waals surface area contributed by atoms with Gasteiger partial charge < -0.3 is 9.80 Å². The Bertz CT molecular complexity index is 3300. The van der Waals surface area contributed by atoms with Crippen LogP contribution in [0.3, 0.4) is 0 Å². The van der Waals surface area contributed by atoms with Crippen molar-refractivity contribution < 1.29 is 0 Å². The number of hydrogen-bond donors (Lipinski definition) is 0. The van der Waals surface area contributed by atoms with E-state index in [1.807, 2.05) is 0 Å². The van der Waals surface area contributed by atoms with Crippen molar-refractivity contribution >= 4 is 55.7 Å². The van der Waals surface area contributed by atoms with Crippen molar-refractivity contribution in [2.45, 2.75) is 52.4 Å². The molecule has 2 nitrogen and oxygen atoms in total. The van der Waals surface area contributed by atoms with E-state index in [0.717, 1.165) is 34.1 Å². The van der Waals surface area contributed by atoms with Crippen LogP contribution in [-0.2, 0) is 10.8 Å². The Morgan fingerprint density at radius 2 is 0.472 bits per heavy atom. The first kappa shape index (κ1) is 46.0. The van der Waals surface area contributed by atoms with Gasteiger partial charge in [0.2, 0.25) is 0 Å². The lowest BCUT2D eigenvalue weighted by atomic mass is 9.74. The Kier molecular flexibility index (Phi) is 12.2. The number of hydrogen-bond acceptors (Lipinski definition) is 2. The van der Waals surface area contributed by atoms with Gasteiger partial charge in [0.15, 0.2) is 0 Å². The molecule has 0 atom stereocenters. The molecule has 0 spiro atoms. The van der Waals surface area contributed by atoms with Gasteiger partial charge >= 0.3 is 0 Å². The van der Waals surface area contributed by atoms with Gasteiger partial charge in [0.25, 0.3) is 0 Å². The monoisotopic (exact) mass is 928 g/mol. The number of fused-ring (bicyclic) bond motifs is 2. The molecule has 72 heavy (non-hydrogen) atoms. The SMILES string of the molecule is CC(C)(C)c1c2ccc(N(c3ccccc3)c3cc(-c4ccccc4)cc(-c4ccccc4)c3)cc2c(C(C)(C)C)c2ccc(N(c3ccccc3)c3cc(-c4ccccc4)cc(-c4ccccc4)c3)cc12. The topological polar surface area (TPSA) is 6.48 Å². The lowest BCUT2D eigenvalue weighted by Crippen LogP contribution is -2.19. The van der Waals surface area contributed by atoms with E-state index < -0.39 is 0 Å². The summed E-state index contributed by atoms with van der Waals surface area (Å²) in [6, 6.07) is 93.2. The van der Waals surface area contributed by atoms with Crippen molar-refractivity contribution in [1.82, 2.24) is 0 Å². The van der Waals surface area contributed by atoms with Gasteiger partial charge in [-0.3, -0.25) is 0 Å². The maximum Gasteiger partial charge on any atom is 0.0473 e. The van der Waals surface area contributed by atoms with Crippen LogP contribution in [-0.4, -0.2) is 0 Å². The minimum atomic E-state index is -0.202. The molecule has 0 aliphatic rings. The predicted molar refractivity (Wildman–Crippen MR) is 310 cm³/mol. The number of rotatable bonds is 10. The molecule has 0 saturated carbocycles. The average Bonchev–Trinajstić information content (AvgIpc) is 3.41. The van der Waals surface area contributed by atoms with Gasteiger partial charge in [-0.2, -0.15) is 0 Å². The maximum atomic E-state index is 2.47. The molecular formula is C70H60N2. The van der Waals surface area contributed by atoms with E-state index in [9.17, 15) is 0 Å². The standard InChI is InChI=1S/C70H60N2/c1-69(2,3)67-63-39-37-60(72(58-35-23-12-24-36-58)62-45-55(51-29-17-9-18-30-51)42-56(46-62)52-31-19-10-20-32-52)48-66(63)68(70(4,5)6)64-40-38-59(47-65(64)67)71(57-33-21-11-22-34-57)61-43-53(49-25-13-7-14-26-49)41-54(44-61)50-27-15-8-16-28-50/h7-48H,1-6H3. The molecule has 2 heteroatoms. The summed E-state index contributed by atoms with van der Waals surface area (Å²) in [7, 11) is 0. The molecule has 0 amide bonds. The fourth-order valence-corrected chi connectivity index (χ4v) is 10.8. The predicted octanol–water partition coefficient (Wildman–Crippen LogP) is 20.2. The summed E-state index contributed by atoms with van der Waals surface area (Å²) in [5, 5.41) is 5.11. The summed E-state index contributed by atoms with van der Waals surface area (Å²) >= 11 is 0. The summed E-state index contributed by atoms with van der Waals surface area (Å²) < 4.78 is 0. The molecule has 11 aromatic rings. The molecule has 0 fully saturated rings. The fourth-order valence-electron chi connectivity index (χ4n) is 10.8. The molecule has 11 rings (SSSR count). The van der Waals surface area contributed by atoms with Crippen LogP contribution in [0.5, 0.6) is 0 Å². The van der Waals surface area contributed by atoms with Crippen molar-refractivity contribution in [1.29, 1.82) is 0 Å². The van der Waals surface area contributed by atoms with E-state index in [2.05, 4.69) is 306 Å². The smallest absolute Gasteiger partial charge is 0.0473 e. The largest absolute Gasteiger partial charge is 0.310 e. The summed E-state index contributed by atoms with van der Waals surface area (Å²) in [6.45, 7) is 14.2. The lowest BCUT2D eigenvalue weighted by molar-refractivity contribution is 0.593. The second-order valence-electron chi connectivity index (χ2n) is 21.1. The number of benzene rings is 11. The molecule has 11 aromatic carbocycles. The van der Waals surface area contributed by atoms with Crippen molar-refractivity contribution in [2.75, 3.05) is 9.80 Å². The van der Waals surface area contributed by atoms with E-state index in [4.69, 9.17) is 0 Å². The highest BCUT2D eigenvalue weighted by atomic mass is 15.1. The summed E-state index contributed by atoms with van der Waals surface area (Å²) in [5.41, 5.74) is 18.4. The van der Waals surface area contributed by atoms with Gasteiger partial charge in [0, 0.05) is 34.1 Å². The summed E-state index contributed by atoms with van der Waals surface area (Å²) in [5.74, 6) is 0. The van der Waals surface area contributed by atoms with E-state index >= 15 is 0 Å². The molecule has 0 unspecified atom stereocenters. The van der Waals surface area contributed by atoms with Crippen LogP contribution in [0.25, 0.3) is 66.1 Å². The van der Waals surface area contributed by atoms with Crippen molar-refractivity contribution in [3.63, 3.8) is 0 Å². The van der Waals surface area contributed by atoms with E-state index in [0.29, 0.717) is 0 Å². The van der Waals surface area contributed by atoms with Crippen LogP contribution in [0, 0.1) is 0 Å².